The van der Waals surface area contributed by atoms with Crippen molar-refractivity contribution in [3.05, 3.63) is 63.5 Å². The van der Waals surface area contributed by atoms with Crippen LogP contribution in [0.5, 0.6) is 11.5 Å². The third kappa shape index (κ3) is 3.05. The second kappa shape index (κ2) is 5.88. The molecule has 0 saturated heterocycles. The Hall–Kier alpha value is -2.14. The maximum Gasteiger partial charge on any atom is 0.272 e. The van der Waals surface area contributed by atoms with E-state index < -0.39 is 10.7 Å². The second-order valence-electron chi connectivity index (χ2n) is 4.21. The molecule has 0 aliphatic carbocycles. The summed E-state index contributed by atoms with van der Waals surface area (Å²) in [6, 6.07) is 8.64. The van der Waals surface area contributed by atoms with E-state index in [1.165, 1.54) is 12.1 Å². The fraction of sp³-hybridized carbons (Fsp3) is 0.143. The van der Waals surface area contributed by atoms with Gasteiger partial charge in [0.15, 0.2) is 11.6 Å². The largest absolute Gasteiger partial charge is 0.454 e. The van der Waals surface area contributed by atoms with Crippen LogP contribution in [0.2, 0.25) is 0 Å². The van der Waals surface area contributed by atoms with Gasteiger partial charge in [0.1, 0.15) is 5.75 Å². The molecule has 2 rings (SSSR count). The molecule has 0 bridgehead atoms. The van der Waals surface area contributed by atoms with Gasteiger partial charge in [0, 0.05) is 11.9 Å². The first-order valence-electron chi connectivity index (χ1n) is 5.78. The molecular weight excluding hydrogens is 285 g/mol. The van der Waals surface area contributed by atoms with Crippen molar-refractivity contribution in [1.29, 1.82) is 0 Å². The summed E-state index contributed by atoms with van der Waals surface area (Å²) in [5.41, 5.74) is 1.34. The van der Waals surface area contributed by atoms with Crippen molar-refractivity contribution in [2.45, 2.75) is 12.8 Å². The number of ether oxygens (including phenoxy) is 1. The van der Waals surface area contributed by atoms with E-state index in [1.807, 2.05) is 19.1 Å². The molecule has 0 atom stereocenters. The molecule has 4 nitrogen and oxygen atoms in total. The molecule has 2 aromatic carbocycles. The third-order valence-corrected chi connectivity index (χ3v) is 3.06. The lowest BCUT2D eigenvalue weighted by Gasteiger charge is -2.10. The molecule has 2 aromatic rings. The average molecular weight is 296 g/mol. The number of nitrogens with zero attached hydrogens (tertiary/aromatic N) is 1. The smallest absolute Gasteiger partial charge is 0.272 e. The predicted octanol–water partition coefficient (Wildman–Crippen LogP) is 4.57. The standard InChI is InChI=1S/C14H11ClFNO3/c1-9-2-3-10(8-15)6-14(9)20-13-5-4-11(17(18)19)7-12(13)16/h2-7H,8H2,1H3. The highest BCUT2D eigenvalue weighted by Gasteiger charge is 2.13. The van der Waals surface area contributed by atoms with Crippen LogP contribution in [0.4, 0.5) is 10.1 Å². The first kappa shape index (κ1) is 14.3. The zero-order chi connectivity index (χ0) is 14.7. The quantitative estimate of drug-likeness (QED) is 0.471. The lowest BCUT2D eigenvalue weighted by Crippen LogP contribution is -1.94. The fourth-order valence-electron chi connectivity index (χ4n) is 1.64. The van der Waals surface area contributed by atoms with Crippen LogP contribution in [0, 0.1) is 22.9 Å². The molecule has 0 radical (unpaired) electrons. The number of hydrogen-bond acceptors (Lipinski definition) is 3. The van der Waals surface area contributed by atoms with Gasteiger partial charge < -0.3 is 4.74 Å². The van der Waals surface area contributed by atoms with Gasteiger partial charge in [-0.15, -0.1) is 11.6 Å². The number of hydrogen-bond donors (Lipinski definition) is 0. The first-order chi connectivity index (χ1) is 9.51. The Balaban J connectivity index is 2.32. The zero-order valence-corrected chi connectivity index (χ0v) is 11.4. The predicted molar refractivity (Wildman–Crippen MR) is 73.9 cm³/mol. The molecule has 20 heavy (non-hydrogen) atoms. The van der Waals surface area contributed by atoms with E-state index in [0.717, 1.165) is 17.2 Å². The van der Waals surface area contributed by atoms with Gasteiger partial charge in [-0.3, -0.25) is 10.1 Å². The Kier molecular flexibility index (Phi) is 4.20. The summed E-state index contributed by atoms with van der Waals surface area (Å²) in [5, 5.41) is 10.5. The van der Waals surface area contributed by atoms with Crippen LogP contribution in [0.15, 0.2) is 36.4 Å². The van der Waals surface area contributed by atoms with Crippen molar-refractivity contribution in [3.63, 3.8) is 0 Å². The molecule has 0 N–H and O–H groups in total. The maximum absolute atomic E-state index is 13.8. The van der Waals surface area contributed by atoms with Crippen molar-refractivity contribution in [2.24, 2.45) is 0 Å². The topological polar surface area (TPSA) is 52.4 Å². The Labute approximate surface area is 119 Å². The van der Waals surface area contributed by atoms with Crippen LogP contribution in [0.25, 0.3) is 0 Å². The van der Waals surface area contributed by atoms with E-state index in [9.17, 15) is 14.5 Å². The fourth-order valence-corrected chi connectivity index (χ4v) is 1.81. The van der Waals surface area contributed by atoms with Crippen molar-refractivity contribution in [1.82, 2.24) is 0 Å². The summed E-state index contributed by atoms with van der Waals surface area (Å²) in [7, 11) is 0. The van der Waals surface area contributed by atoms with Gasteiger partial charge in [0.25, 0.3) is 5.69 Å². The van der Waals surface area contributed by atoms with Crippen LogP contribution < -0.4 is 4.74 Å². The van der Waals surface area contributed by atoms with Gasteiger partial charge >= 0.3 is 0 Å². The number of alkyl halides is 1. The van der Waals surface area contributed by atoms with Crippen molar-refractivity contribution < 1.29 is 14.1 Å². The molecule has 0 saturated carbocycles. The SMILES string of the molecule is Cc1ccc(CCl)cc1Oc1ccc([N+](=O)[O-])cc1F. The van der Waals surface area contributed by atoms with E-state index in [4.69, 9.17) is 16.3 Å². The van der Waals surface area contributed by atoms with E-state index in [2.05, 4.69) is 0 Å². The Bertz CT molecular complexity index is 661. The summed E-state index contributed by atoms with van der Waals surface area (Å²) >= 11 is 5.74. The zero-order valence-electron chi connectivity index (χ0n) is 10.6. The van der Waals surface area contributed by atoms with Crippen LogP contribution in [-0.2, 0) is 5.88 Å². The number of benzene rings is 2. The van der Waals surface area contributed by atoms with Gasteiger partial charge in [-0.25, -0.2) is 4.39 Å². The molecule has 104 valence electrons. The molecule has 0 aliphatic heterocycles. The summed E-state index contributed by atoms with van der Waals surface area (Å²) in [4.78, 5) is 9.88. The molecule has 0 spiro atoms. The van der Waals surface area contributed by atoms with Gasteiger partial charge in [0.05, 0.1) is 11.0 Å². The Morgan fingerprint density at radius 1 is 1.25 bits per heavy atom. The lowest BCUT2D eigenvalue weighted by molar-refractivity contribution is -0.385. The molecule has 0 heterocycles. The monoisotopic (exact) mass is 295 g/mol. The second-order valence-corrected chi connectivity index (χ2v) is 4.47. The van der Waals surface area contributed by atoms with E-state index in [-0.39, 0.29) is 11.4 Å². The average Bonchev–Trinajstić information content (AvgIpc) is 2.43. The molecule has 0 aliphatic rings. The van der Waals surface area contributed by atoms with Gasteiger partial charge in [0.2, 0.25) is 0 Å². The van der Waals surface area contributed by atoms with Gasteiger partial charge in [-0.05, 0) is 30.2 Å². The number of nitro benzene ring substituents is 1. The van der Waals surface area contributed by atoms with Gasteiger partial charge in [-0.2, -0.15) is 0 Å². The van der Waals surface area contributed by atoms with Crippen LogP contribution >= 0.6 is 11.6 Å². The molecule has 0 fully saturated rings. The molecule has 0 unspecified atom stereocenters. The minimum atomic E-state index is -0.783. The van der Waals surface area contributed by atoms with Crippen molar-refractivity contribution in [3.8, 4) is 11.5 Å². The molecule has 6 heteroatoms. The minimum absolute atomic E-state index is 0.0644. The number of non-ortho nitro benzene ring substituents is 1. The normalized spacial score (nSPS) is 10.3. The van der Waals surface area contributed by atoms with E-state index in [0.29, 0.717) is 11.6 Å². The number of halogens is 2. The number of rotatable bonds is 4. The van der Waals surface area contributed by atoms with Crippen LogP contribution in [0.3, 0.4) is 0 Å². The summed E-state index contributed by atoms with van der Waals surface area (Å²) in [5.74, 6) is -0.0597. The van der Waals surface area contributed by atoms with Crippen molar-refractivity contribution in [2.75, 3.05) is 0 Å². The molecular formula is C14H11ClFNO3. The molecule has 0 amide bonds. The Morgan fingerprint density at radius 2 is 2.00 bits per heavy atom. The van der Waals surface area contributed by atoms with Gasteiger partial charge in [-0.1, -0.05) is 12.1 Å². The third-order valence-electron chi connectivity index (χ3n) is 2.75. The highest BCUT2D eigenvalue weighted by molar-refractivity contribution is 6.17. The highest BCUT2D eigenvalue weighted by atomic mass is 35.5. The highest BCUT2D eigenvalue weighted by Crippen LogP contribution is 2.30. The van der Waals surface area contributed by atoms with Crippen LogP contribution in [-0.4, -0.2) is 4.92 Å². The minimum Gasteiger partial charge on any atom is -0.454 e. The van der Waals surface area contributed by atoms with E-state index in [1.54, 1.807) is 6.07 Å². The summed E-state index contributed by atoms with van der Waals surface area (Å²) in [6.07, 6.45) is 0. The first-order valence-corrected chi connectivity index (χ1v) is 6.32. The Morgan fingerprint density at radius 3 is 2.60 bits per heavy atom. The lowest BCUT2D eigenvalue weighted by atomic mass is 10.1. The number of aryl methyl sites for hydroxylation is 1. The number of nitro groups is 1. The molecule has 0 aromatic heterocycles. The summed E-state index contributed by atoms with van der Waals surface area (Å²) in [6.45, 7) is 1.82. The maximum atomic E-state index is 13.8. The van der Waals surface area contributed by atoms with Crippen LogP contribution in [0.1, 0.15) is 11.1 Å². The van der Waals surface area contributed by atoms with Crippen molar-refractivity contribution >= 4 is 17.3 Å². The van der Waals surface area contributed by atoms with E-state index >= 15 is 0 Å². The summed E-state index contributed by atoms with van der Waals surface area (Å²) < 4.78 is 19.2.